The lowest BCUT2D eigenvalue weighted by Gasteiger charge is -2.21. The largest absolute Gasteiger partial charge is 0.383 e. The fourth-order valence-electron chi connectivity index (χ4n) is 1.63. The van der Waals surface area contributed by atoms with Crippen molar-refractivity contribution < 1.29 is 9.53 Å². The van der Waals surface area contributed by atoms with Crippen LogP contribution in [0.4, 0.5) is 5.69 Å². The van der Waals surface area contributed by atoms with Gasteiger partial charge in [-0.3, -0.25) is 4.79 Å². The molecule has 0 aliphatic rings. The first-order chi connectivity index (χ1) is 9.02. The van der Waals surface area contributed by atoms with Crippen molar-refractivity contribution in [2.75, 3.05) is 25.6 Å². The summed E-state index contributed by atoms with van der Waals surface area (Å²) in [6.45, 7) is 5.03. The molecule has 1 rings (SSSR count). The normalized spacial score (nSPS) is 12.5. The highest BCUT2D eigenvalue weighted by molar-refractivity contribution is 6.30. The highest BCUT2D eigenvalue weighted by Gasteiger charge is 2.13. The molecular formula is C14H21ClN2O2. The van der Waals surface area contributed by atoms with Gasteiger partial charge in [-0.1, -0.05) is 25.4 Å². The lowest BCUT2D eigenvalue weighted by Crippen LogP contribution is -2.42. The summed E-state index contributed by atoms with van der Waals surface area (Å²) in [5, 5.41) is 6.64. The van der Waals surface area contributed by atoms with Crippen molar-refractivity contribution >= 4 is 23.2 Å². The fraction of sp³-hybridized carbons (Fsp3) is 0.500. The minimum absolute atomic E-state index is 0.0796. The molecule has 1 unspecified atom stereocenters. The number of anilines is 1. The molecule has 1 aromatic carbocycles. The van der Waals surface area contributed by atoms with Gasteiger partial charge in [0.05, 0.1) is 13.2 Å². The molecule has 0 heterocycles. The topological polar surface area (TPSA) is 50.4 Å². The third-order valence-electron chi connectivity index (χ3n) is 2.80. The van der Waals surface area contributed by atoms with Crippen LogP contribution in [0.5, 0.6) is 0 Å². The van der Waals surface area contributed by atoms with Gasteiger partial charge in [0.25, 0.3) is 0 Å². The molecule has 0 fully saturated rings. The van der Waals surface area contributed by atoms with Gasteiger partial charge in [0, 0.05) is 23.9 Å². The minimum atomic E-state index is -0.0796. The zero-order valence-corrected chi connectivity index (χ0v) is 12.3. The number of hydrogen-bond donors (Lipinski definition) is 2. The van der Waals surface area contributed by atoms with E-state index in [-0.39, 0.29) is 18.5 Å². The molecule has 1 amide bonds. The molecule has 0 aliphatic heterocycles. The van der Waals surface area contributed by atoms with Gasteiger partial charge < -0.3 is 15.4 Å². The molecule has 0 aliphatic carbocycles. The van der Waals surface area contributed by atoms with Gasteiger partial charge in [0.2, 0.25) is 5.91 Å². The predicted molar refractivity (Wildman–Crippen MR) is 78.6 cm³/mol. The first-order valence-corrected chi connectivity index (χ1v) is 6.68. The average Bonchev–Trinajstić information content (AvgIpc) is 2.37. The molecular weight excluding hydrogens is 264 g/mol. The van der Waals surface area contributed by atoms with Crippen LogP contribution in [0.25, 0.3) is 0 Å². The Hall–Kier alpha value is -1.10. The second kappa shape index (κ2) is 8.15. The molecule has 5 heteroatoms. The zero-order chi connectivity index (χ0) is 14.3. The molecule has 19 heavy (non-hydrogen) atoms. The second-order valence-corrected chi connectivity index (χ2v) is 5.18. The van der Waals surface area contributed by atoms with Crippen molar-refractivity contribution in [3.63, 3.8) is 0 Å². The smallest absolute Gasteiger partial charge is 0.238 e. The van der Waals surface area contributed by atoms with E-state index in [1.54, 1.807) is 31.4 Å². The second-order valence-electron chi connectivity index (χ2n) is 4.74. The number of amides is 1. The molecule has 0 radical (unpaired) electrons. The molecule has 1 aromatic rings. The van der Waals surface area contributed by atoms with Crippen LogP contribution in [0.3, 0.4) is 0 Å². The van der Waals surface area contributed by atoms with Crippen LogP contribution in [0.1, 0.15) is 13.8 Å². The molecule has 106 valence electrons. The van der Waals surface area contributed by atoms with Crippen molar-refractivity contribution in [2.45, 2.75) is 19.9 Å². The van der Waals surface area contributed by atoms with Gasteiger partial charge in [-0.15, -0.1) is 0 Å². The summed E-state index contributed by atoms with van der Waals surface area (Å²) in [5.41, 5.74) is 0.740. The fourth-order valence-corrected chi connectivity index (χ4v) is 1.75. The lowest BCUT2D eigenvalue weighted by molar-refractivity contribution is -0.115. The van der Waals surface area contributed by atoms with Crippen LogP contribution in [0.2, 0.25) is 5.02 Å². The van der Waals surface area contributed by atoms with E-state index in [1.807, 2.05) is 0 Å². The third kappa shape index (κ3) is 6.05. The molecule has 0 saturated heterocycles. The number of carbonyl (C=O) groups is 1. The number of rotatable bonds is 7. The number of hydrogen-bond acceptors (Lipinski definition) is 3. The number of nitrogens with one attached hydrogen (secondary N) is 2. The molecule has 2 N–H and O–H groups in total. The highest BCUT2D eigenvalue weighted by Crippen LogP contribution is 2.13. The van der Waals surface area contributed by atoms with E-state index in [1.165, 1.54) is 0 Å². The van der Waals surface area contributed by atoms with Crippen LogP contribution in [0, 0.1) is 5.92 Å². The Morgan fingerprint density at radius 1 is 1.32 bits per heavy atom. The van der Waals surface area contributed by atoms with Gasteiger partial charge in [-0.25, -0.2) is 0 Å². The standard InChI is InChI=1S/C14H21ClN2O2/c1-10(2)13(9-19-3)16-8-14(18)17-12-6-4-11(15)5-7-12/h4-7,10,13,16H,8-9H2,1-3H3,(H,17,18). The Bertz CT molecular complexity index is 393. The summed E-state index contributed by atoms with van der Waals surface area (Å²) in [7, 11) is 1.66. The summed E-state index contributed by atoms with van der Waals surface area (Å²) in [5.74, 6) is 0.326. The van der Waals surface area contributed by atoms with Crippen molar-refractivity contribution in [3.05, 3.63) is 29.3 Å². The SMILES string of the molecule is COCC(NCC(=O)Nc1ccc(Cl)cc1)C(C)C. The van der Waals surface area contributed by atoms with Gasteiger partial charge >= 0.3 is 0 Å². The summed E-state index contributed by atoms with van der Waals surface area (Å²) >= 11 is 5.78. The zero-order valence-electron chi connectivity index (χ0n) is 11.6. The summed E-state index contributed by atoms with van der Waals surface area (Å²) in [6.07, 6.45) is 0. The maximum Gasteiger partial charge on any atom is 0.238 e. The molecule has 0 saturated carbocycles. The quantitative estimate of drug-likeness (QED) is 0.809. The number of carbonyl (C=O) groups excluding carboxylic acids is 1. The van der Waals surface area contributed by atoms with E-state index in [0.29, 0.717) is 17.5 Å². The van der Waals surface area contributed by atoms with Crippen LogP contribution in [-0.2, 0) is 9.53 Å². The van der Waals surface area contributed by atoms with Gasteiger partial charge in [-0.2, -0.15) is 0 Å². The van der Waals surface area contributed by atoms with E-state index in [4.69, 9.17) is 16.3 Å². The van der Waals surface area contributed by atoms with Crippen molar-refractivity contribution in [2.24, 2.45) is 5.92 Å². The van der Waals surface area contributed by atoms with Crippen molar-refractivity contribution in [3.8, 4) is 0 Å². The number of benzene rings is 1. The van der Waals surface area contributed by atoms with Crippen LogP contribution in [-0.4, -0.2) is 32.2 Å². The Labute approximate surface area is 119 Å². The molecule has 1 atom stereocenters. The Morgan fingerprint density at radius 2 is 1.95 bits per heavy atom. The van der Waals surface area contributed by atoms with E-state index in [2.05, 4.69) is 24.5 Å². The Morgan fingerprint density at radius 3 is 2.47 bits per heavy atom. The minimum Gasteiger partial charge on any atom is -0.383 e. The number of ether oxygens (including phenoxy) is 1. The number of methoxy groups -OCH3 is 1. The lowest BCUT2D eigenvalue weighted by atomic mass is 10.1. The summed E-state index contributed by atoms with van der Waals surface area (Å²) in [6, 6.07) is 7.20. The van der Waals surface area contributed by atoms with Crippen molar-refractivity contribution in [1.82, 2.24) is 5.32 Å². The highest BCUT2D eigenvalue weighted by atomic mass is 35.5. The Balaban J connectivity index is 2.40. The van der Waals surface area contributed by atoms with Crippen molar-refractivity contribution in [1.29, 1.82) is 0 Å². The molecule has 0 spiro atoms. The van der Waals surface area contributed by atoms with Gasteiger partial charge in [0.1, 0.15) is 0 Å². The predicted octanol–water partition coefficient (Wildman–Crippen LogP) is 2.54. The monoisotopic (exact) mass is 284 g/mol. The first-order valence-electron chi connectivity index (χ1n) is 6.30. The van der Waals surface area contributed by atoms with E-state index >= 15 is 0 Å². The Kier molecular flexibility index (Phi) is 6.84. The van der Waals surface area contributed by atoms with E-state index in [9.17, 15) is 4.79 Å². The van der Waals surface area contributed by atoms with Crippen LogP contribution < -0.4 is 10.6 Å². The molecule has 0 aromatic heterocycles. The van der Waals surface area contributed by atoms with Gasteiger partial charge in [-0.05, 0) is 30.2 Å². The summed E-state index contributed by atoms with van der Waals surface area (Å²) < 4.78 is 5.12. The maximum atomic E-state index is 11.8. The summed E-state index contributed by atoms with van der Waals surface area (Å²) in [4.78, 5) is 11.8. The van der Waals surface area contributed by atoms with Gasteiger partial charge in [0.15, 0.2) is 0 Å². The average molecular weight is 285 g/mol. The maximum absolute atomic E-state index is 11.8. The molecule has 4 nitrogen and oxygen atoms in total. The third-order valence-corrected chi connectivity index (χ3v) is 3.06. The first kappa shape index (κ1) is 16.0. The molecule has 0 bridgehead atoms. The van der Waals surface area contributed by atoms with E-state index < -0.39 is 0 Å². The van der Waals surface area contributed by atoms with Crippen LogP contribution in [0.15, 0.2) is 24.3 Å². The van der Waals surface area contributed by atoms with E-state index in [0.717, 1.165) is 5.69 Å². The van der Waals surface area contributed by atoms with Crippen LogP contribution >= 0.6 is 11.6 Å². The number of halogens is 1.